The second-order valence-electron chi connectivity index (χ2n) is 5.36. The highest BCUT2D eigenvalue weighted by atomic mass is 32.1. The molecule has 1 aliphatic rings. The van der Waals surface area contributed by atoms with Crippen LogP contribution in [-0.2, 0) is 4.79 Å². The van der Waals surface area contributed by atoms with Crippen LogP contribution < -0.4 is 11.1 Å². The van der Waals surface area contributed by atoms with Crippen LogP contribution in [0.2, 0.25) is 0 Å². The summed E-state index contributed by atoms with van der Waals surface area (Å²) in [5, 5.41) is 2.98. The molecule has 86 valence electrons. The van der Waals surface area contributed by atoms with Gasteiger partial charge in [0.25, 0.3) is 0 Å². The van der Waals surface area contributed by atoms with Crippen molar-refractivity contribution in [1.29, 1.82) is 0 Å². The summed E-state index contributed by atoms with van der Waals surface area (Å²) < 4.78 is 0. The minimum absolute atomic E-state index is 0.000000000000000666. The van der Waals surface area contributed by atoms with Crippen molar-refractivity contribution in [1.82, 2.24) is 5.32 Å². The molecule has 0 saturated heterocycles. The van der Waals surface area contributed by atoms with Gasteiger partial charge in [-0.2, -0.15) is 0 Å². The van der Waals surface area contributed by atoms with Crippen LogP contribution in [0.15, 0.2) is 0 Å². The molecule has 0 heterocycles. The highest BCUT2D eigenvalue weighted by Crippen LogP contribution is 2.39. The fourth-order valence-electron chi connectivity index (χ4n) is 2.02. The van der Waals surface area contributed by atoms with Gasteiger partial charge in [-0.1, -0.05) is 25.1 Å². The summed E-state index contributed by atoms with van der Waals surface area (Å²) in [5.74, 6) is 0.000000000000000666. The van der Waals surface area contributed by atoms with E-state index in [1.807, 2.05) is 20.8 Å². The number of amides is 1. The van der Waals surface area contributed by atoms with E-state index in [1.165, 1.54) is 0 Å². The SMILES string of the molecule is CC(C)(C)NC(=O)C1(C(N)=S)CCCC1. The minimum atomic E-state index is -0.581. The van der Waals surface area contributed by atoms with E-state index < -0.39 is 5.41 Å². The number of carbonyl (C=O) groups is 1. The van der Waals surface area contributed by atoms with E-state index in [-0.39, 0.29) is 11.4 Å². The molecule has 3 N–H and O–H groups in total. The molecule has 0 aliphatic heterocycles. The lowest BCUT2D eigenvalue weighted by Crippen LogP contribution is -2.52. The van der Waals surface area contributed by atoms with Crippen molar-refractivity contribution < 1.29 is 4.79 Å². The van der Waals surface area contributed by atoms with Crippen molar-refractivity contribution in [2.45, 2.75) is 52.0 Å². The van der Waals surface area contributed by atoms with Crippen LogP contribution in [0, 0.1) is 5.41 Å². The van der Waals surface area contributed by atoms with Crippen LogP contribution in [0.3, 0.4) is 0 Å². The van der Waals surface area contributed by atoms with Gasteiger partial charge in [-0.15, -0.1) is 0 Å². The fraction of sp³-hybridized carbons (Fsp3) is 0.818. The fourth-order valence-corrected chi connectivity index (χ4v) is 2.32. The van der Waals surface area contributed by atoms with Crippen LogP contribution in [0.4, 0.5) is 0 Å². The number of nitrogens with two attached hydrogens (primary N) is 1. The van der Waals surface area contributed by atoms with E-state index >= 15 is 0 Å². The molecule has 0 bridgehead atoms. The van der Waals surface area contributed by atoms with E-state index in [4.69, 9.17) is 18.0 Å². The van der Waals surface area contributed by atoms with Gasteiger partial charge in [-0.25, -0.2) is 0 Å². The average molecular weight is 228 g/mol. The molecule has 4 heteroatoms. The molecule has 1 amide bonds. The first-order valence-electron chi connectivity index (χ1n) is 5.40. The molecule has 0 aromatic carbocycles. The highest BCUT2D eigenvalue weighted by Gasteiger charge is 2.44. The van der Waals surface area contributed by atoms with Crippen molar-refractivity contribution in [3.05, 3.63) is 0 Å². The van der Waals surface area contributed by atoms with Gasteiger partial charge in [-0.05, 0) is 33.6 Å². The normalized spacial score (nSPS) is 19.9. The van der Waals surface area contributed by atoms with Crippen LogP contribution in [0.1, 0.15) is 46.5 Å². The second-order valence-corrected chi connectivity index (χ2v) is 5.80. The Balaban J connectivity index is 2.82. The third-order valence-corrected chi connectivity index (χ3v) is 3.24. The molecule has 0 aromatic heterocycles. The lowest BCUT2D eigenvalue weighted by atomic mass is 9.84. The summed E-state index contributed by atoms with van der Waals surface area (Å²) in [6.45, 7) is 5.90. The van der Waals surface area contributed by atoms with Crippen LogP contribution in [0.25, 0.3) is 0 Å². The zero-order valence-electron chi connectivity index (χ0n) is 9.72. The van der Waals surface area contributed by atoms with Gasteiger partial charge in [0.1, 0.15) is 0 Å². The van der Waals surface area contributed by atoms with Crippen molar-refractivity contribution in [3.63, 3.8) is 0 Å². The second kappa shape index (κ2) is 4.08. The predicted molar refractivity (Wildman–Crippen MR) is 65.6 cm³/mol. The van der Waals surface area contributed by atoms with Gasteiger partial charge in [0.15, 0.2) is 0 Å². The Morgan fingerprint density at radius 2 is 1.80 bits per heavy atom. The van der Waals surface area contributed by atoms with Crippen molar-refractivity contribution in [2.24, 2.45) is 11.1 Å². The molecular formula is C11H20N2OS. The number of hydrogen-bond acceptors (Lipinski definition) is 2. The lowest BCUT2D eigenvalue weighted by Gasteiger charge is -2.31. The van der Waals surface area contributed by atoms with E-state index in [9.17, 15) is 4.79 Å². The summed E-state index contributed by atoms with van der Waals surface area (Å²) >= 11 is 5.05. The van der Waals surface area contributed by atoms with Gasteiger partial charge in [0, 0.05) is 5.54 Å². The molecule has 0 radical (unpaired) electrons. The standard InChI is InChI=1S/C11H20N2OS/c1-10(2,3)13-9(14)11(8(12)15)6-4-5-7-11/h4-7H2,1-3H3,(H2,12,15)(H,13,14). The molecule has 1 fully saturated rings. The maximum atomic E-state index is 12.1. The number of carbonyl (C=O) groups excluding carboxylic acids is 1. The smallest absolute Gasteiger partial charge is 0.233 e. The number of rotatable bonds is 2. The molecular weight excluding hydrogens is 208 g/mol. The Labute approximate surface area is 96.8 Å². The summed E-state index contributed by atoms with van der Waals surface area (Å²) in [6.07, 6.45) is 3.66. The van der Waals surface area contributed by atoms with Gasteiger partial charge < -0.3 is 11.1 Å². The Morgan fingerprint density at radius 3 is 2.13 bits per heavy atom. The zero-order valence-corrected chi connectivity index (χ0v) is 10.5. The van der Waals surface area contributed by atoms with Crippen LogP contribution in [0.5, 0.6) is 0 Å². The highest BCUT2D eigenvalue weighted by molar-refractivity contribution is 7.80. The Hall–Kier alpha value is -0.640. The predicted octanol–water partition coefficient (Wildman–Crippen LogP) is 1.75. The van der Waals surface area contributed by atoms with Crippen molar-refractivity contribution in [3.8, 4) is 0 Å². The van der Waals surface area contributed by atoms with Crippen LogP contribution >= 0.6 is 12.2 Å². The first-order chi connectivity index (χ1) is 6.78. The molecule has 1 rings (SSSR count). The minimum Gasteiger partial charge on any atom is -0.392 e. The summed E-state index contributed by atoms with van der Waals surface area (Å²) in [6, 6.07) is 0. The third-order valence-electron chi connectivity index (χ3n) is 2.85. The Bertz CT molecular complexity index is 275. The molecule has 0 aromatic rings. The summed E-state index contributed by atoms with van der Waals surface area (Å²) in [4.78, 5) is 12.5. The van der Waals surface area contributed by atoms with E-state index in [2.05, 4.69) is 5.32 Å². The monoisotopic (exact) mass is 228 g/mol. The molecule has 3 nitrogen and oxygen atoms in total. The largest absolute Gasteiger partial charge is 0.392 e. The van der Waals surface area contributed by atoms with Gasteiger partial charge in [0.2, 0.25) is 5.91 Å². The average Bonchev–Trinajstić information content (AvgIpc) is 2.48. The number of hydrogen-bond donors (Lipinski definition) is 2. The van der Waals surface area contributed by atoms with Gasteiger partial charge in [0.05, 0.1) is 10.4 Å². The number of nitrogens with one attached hydrogen (secondary N) is 1. The number of thiocarbonyl (C=S) groups is 1. The third kappa shape index (κ3) is 2.68. The molecule has 0 atom stereocenters. The lowest BCUT2D eigenvalue weighted by molar-refractivity contribution is -0.128. The van der Waals surface area contributed by atoms with Gasteiger partial charge in [-0.3, -0.25) is 4.79 Å². The topological polar surface area (TPSA) is 55.1 Å². The first kappa shape index (κ1) is 12.4. The molecule has 0 spiro atoms. The molecule has 15 heavy (non-hydrogen) atoms. The van der Waals surface area contributed by atoms with E-state index in [0.717, 1.165) is 25.7 Å². The first-order valence-corrected chi connectivity index (χ1v) is 5.81. The summed E-state index contributed by atoms with van der Waals surface area (Å²) in [5.41, 5.74) is 4.92. The van der Waals surface area contributed by atoms with E-state index in [1.54, 1.807) is 0 Å². The van der Waals surface area contributed by atoms with Gasteiger partial charge >= 0.3 is 0 Å². The molecule has 0 unspecified atom stereocenters. The summed E-state index contributed by atoms with van der Waals surface area (Å²) in [7, 11) is 0. The quantitative estimate of drug-likeness (QED) is 0.708. The maximum Gasteiger partial charge on any atom is 0.233 e. The van der Waals surface area contributed by atoms with E-state index in [0.29, 0.717) is 4.99 Å². The Morgan fingerprint density at radius 1 is 1.33 bits per heavy atom. The maximum absolute atomic E-state index is 12.1. The Kier molecular flexibility index (Phi) is 3.38. The van der Waals surface area contributed by atoms with Crippen molar-refractivity contribution in [2.75, 3.05) is 0 Å². The zero-order chi connectivity index (χ0) is 11.7. The molecule has 1 aliphatic carbocycles. The van der Waals surface area contributed by atoms with Crippen LogP contribution in [-0.4, -0.2) is 16.4 Å². The van der Waals surface area contributed by atoms with Crippen molar-refractivity contribution >= 4 is 23.1 Å². The molecule has 1 saturated carbocycles.